The molecular formula is C11H16FNO3S. The number of sulfone groups is 1. The van der Waals surface area contributed by atoms with E-state index in [0.717, 1.165) is 6.07 Å². The third-order valence-corrected chi connectivity index (χ3v) is 3.96. The maximum absolute atomic E-state index is 12.9. The Morgan fingerprint density at radius 3 is 2.71 bits per heavy atom. The standard InChI is InChI=1S/C11H16FNO3S/c1-2-6-17(14,15)7-5-16-11-8-9(12)3-4-10(11)13/h3-4,8H,2,5-7,13H2,1H3. The quantitative estimate of drug-likeness (QED) is 0.790. The van der Waals surface area contributed by atoms with Crippen molar-refractivity contribution in [2.24, 2.45) is 0 Å². The molecule has 1 aromatic rings. The molecule has 1 aromatic carbocycles. The van der Waals surface area contributed by atoms with E-state index in [-0.39, 0.29) is 23.9 Å². The van der Waals surface area contributed by atoms with Crippen molar-refractivity contribution < 1.29 is 17.5 Å². The van der Waals surface area contributed by atoms with Gasteiger partial charge in [-0.15, -0.1) is 0 Å². The fourth-order valence-electron chi connectivity index (χ4n) is 1.32. The molecule has 6 heteroatoms. The van der Waals surface area contributed by atoms with Gasteiger partial charge in [0.15, 0.2) is 9.84 Å². The monoisotopic (exact) mass is 261 g/mol. The predicted molar refractivity (Wildman–Crippen MR) is 65.3 cm³/mol. The molecule has 0 saturated heterocycles. The van der Waals surface area contributed by atoms with E-state index >= 15 is 0 Å². The van der Waals surface area contributed by atoms with Gasteiger partial charge in [0.1, 0.15) is 18.2 Å². The molecule has 0 bridgehead atoms. The summed E-state index contributed by atoms with van der Waals surface area (Å²) in [5.74, 6) is -0.242. The van der Waals surface area contributed by atoms with Gasteiger partial charge < -0.3 is 10.5 Å². The van der Waals surface area contributed by atoms with Crippen LogP contribution in [0.15, 0.2) is 18.2 Å². The molecule has 0 unspecified atom stereocenters. The van der Waals surface area contributed by atoms with E-state index in [0.29, 0.717) is 12.1 Å². The number of nitrogen functional groups attached to an aromatic ring is 1. The SMILES string of the molecule is CCCS(=O)(=O)CCOc1cc(F)ccc1N. The molecule has 0 atom stereocenters. The average molecular weight is 261 g/mol. The lowest BCUT2D eigenvalue weighted by atomic mass is 10.3. The summed E-state index contributed by atoms with van der Waals surface area (Å²) in [4.78, 5) is 0. The number of rotatable bonds is 6. The minimum Gasteiger partial charge on any atom is -0.490 e. The zero-order chi connectivity index (χ0) is 12.9. The van der Waals surface area contributed by atoms with Crippen LogP contribution in [-0.4, -0.2) is 26.5 Å². The predicted octanol–water partition coefficient (Wildman–Crippen LogP) is 1.61. The number of hydrogen-bond acceptors (Lipinski definition) is 4. The van der Waals surface area contributed by atoms with Crippen LogP contribution in [0.5, 0.6) is 5.75 Å². The van der Waals surface area contributed by atoms with Gasteiger partial charge in [-0.2, -0.15) is 0 Å². The second-order valence-electron chi connectivity index (χ2n) is 3.68. The fourth-order valence-corrected chi connectivity index (χ4v) is 2.49. The summed E-state index contributed by atoms with van der Waals surface area (Å²) in [6, 6.07) is 3.74. The molecule has 0 fully saturated rings. The topological polar surface area (TPSA) is 69.4 Å². The molecule has 0 heterocycles. The largest absolute Gasteiger partial charge is 0.490 e. The Morgan fingerprint density at radius 1 is 1.35 bits per heavy atom. The Bertz CT molecular complexity index is 474. The van der Waals surface area contributed by atoms with E-state index in [1.807, 2.05) is 0 Å². The Labute approximate surface area is 101 Å². The van der Waals surface area contributed by atoms with Crippen molar-refractivity contribution in [1.82, 2.24) is 0 Å². The van der Waals surface area contributed by atoms with Crippen molar-refractivity contribution >= 4 is 15.5 Å². The van der Waals surface area contributed by atoms with Crippen LogP contribution < -0.4 is 10.5 Å². The van der Waals surface area contributed by atoms with E-state index in [2.05, 4.69) is 0 Å². The Balaban J connectivity index is 2.54. The molecule has 0 spiro atoms. The number of anilines is 1. The highest BCUT2D eigenvalue weighted by Crippen LogP contribution is 2.21. The van der Waals surface area contributed by atoms with Crippen molar-refractivity contribution in [2.45, 2.75) is 13.3 Å². The van der Waals surface area contributed by atoms with Gasteiger partial charge in [0, 0.05) is 6.07 Å². The van der Waals surface area contributed by atoms with Gasteiger partial charge >= 0.3 is 0 Å². The maximum Gasteiger partial charge on any atom is 0.153 e. The summed E-state index contributed by atoms with van der Waals surface area (Å²) in [7, 11) is -3.08. The van der Waals surface area contributed by atoms with Crippen LogP contribution in [0.1, 0.15) is 13.3 Å². The summed E-state index contributed by atoms with van der Waals surface area (Å²) >= 11 is 0. The summed E-state index contributed by atoms with van der Waals surface area (Å²) in [6.45, 7) is 1.78. The van der Waals surface area contributed by atoms with E-state index in [9.17, 15) is 12.8 Å². The third-order valence-electron chi connectivity index (χ3n) is 2.14. The van der Waals surface area contributed by atoms with E-state index < -0.39 is 15.7 Å². The molecule has 1 rings (SSSR count). The zero-order valence-corrected chi connectivity index (χ0v) is 10.5. The number of ether oxygens (including phenoxy) is 1. The summed E-state index contributed by atoms with van der Waals surface area (Å²) < 4.78 is 40.8. The van der Waals surface area contributed by atoms with Crippen LogP contribution in [-0.2, 0) is 9.84 Å². The van der Waals surface area contributed by atoms with Gasteiger partial charge in [0.2, 0.25) is 0 Å². The molecule has 0 radical (unpaired) electrons. The highest BCUT2D eigenvalue weighted by atomic mass is 32.2. The molecule has 0 saturated carbocycles. The minimum atomic E-state index is -3.08. The van der Waals surface area contributed by atoms with Gasteiger partial charge in [-0.1, -0.05) is 6.92 Å². The lowest BCUT2D eigenvalue weighted by Crippen LogP contribution is -2.17. The molecule has 0 aliphatic heterocycles. The van der Waals surface area contributed by atoms with Gasteiger partial charge in [-0.25, -0.2) is 12.8 Å². The Kier molecular flexibility index (Phi) is 4.74. The summed E-state index contributed by atoms with van der Waals surface area (Å²) in [5.41, 5.74) is 5.85. The molecule has 4 nitrogen and oxygen atoms in total. The number of hydrogen-bond donors (Lipinski definition) is 1. The van der Waals surface area contributed by atoms with Gasteiger partial charge in [-0.05, 0) is 18.6 Å². The molecule has 0 aromatic heterocycles. The van der Waals surface area contributed by atoms with Crippen molar-refractivity contribution in [3.63, 3.8) is 0 Å². The van der Waals surface area contributed by atoms with Crippen molar-refractivity contribution in [3.8, 4) is 5.75 Å². The molecule has 2 N–H and O–H groups in total. The maximum atomic E-state index is 12.9. The second-order valence-corrected chi connectivity index (χ2v) is 5.99. The Hall–Kier alpha value is -1.30. The van der Waals surface area contributed by atoms with Crippen LogP contribution in [0.25, 0.3) is 0 Å². The first-order valence-corrected chi connectivity index (χ1v) is 7.15. The number of halogens is 1. The molecule has 0 aliphatic rings. The highest BCUT2D eigenvalue weighted by Gasteiger charge is 2.10. The third kappa shape index (κ3) is 4.60. The van der Waals surface area contributed by atoms with Crippen LogP contribution in [0.2, 0.25) is 0 Å². The summed E-state index contributed by atoms with van der Waals surface area (Å²) in [6.07, 6.45) is 0.574. The van der Waals surface area contributed by atoms with Crippen molar-refractivity contribution in [1.29, 1.82) is 0 Å². The van der Waals surface area contributed by atoms with E-state index in [1.54, 1.807) is 6.92 Å². The Morgan fingerprint density at radius 2 is 2.06 bits per heavy atom. The van der Waals surface area contributed by atoms with Gasteiger partial charge in [0.25, 0.3) is 0 Å². The van der Waals surface area contributed by atoms with E-state index in [4.69, 9.17) is 10.5 Å². The van der Waals surface area contributed by atoms with Crippen molar-refractivity contribution in [2.75, 3.05) is 23.8 Å². The molecule has 0 amide bonds. The van der Waals surface area contributed by atoms with Crippen LogP contribution >= 0.6 is 0 Å². The smallest absolute Gasteiger partial charge is 0.153 e. The molecule has 17 heavy (non-hydrogen) atoms. The van der Waals surface area contributed by atoms with Crippen LogP contribution in [0.4, 0.5) is 10.1 Å². The highest BCUT2D eigenvalue weighted by molar-refractivity contribution is 7.91. The minimum absolute atomic E-state index is 0.0179. The lowest BCUT2D eigenvalue weighted by Gasteiger charge is -2.08. The lowest BCUT2D eigenvalue weighted by molar-refractivity contribution is 0.340. The van der Waals surface area contributed by atoms with E-state index in [1.165, 1.54) is 12.1 Å². The summed E-state index contributed by atoms with van der Waals surface area (Å²) in [5, 5.41) is 0. The number of nitrogens with two attached hydrogens (primary N) is 1. The molecule has 0 aliphatic carbocycles. The zero-order valence-electron chi connectivity index (χ0n) is 9.65. The second kappa shape index (κ2) is 5.86. The fraction of sp³-hybridized carbons (Fsp3) is 0.455. The first kappa shape index (κ1) is 13.8. The van der Waals surface area contributed by atoms with Gasteiger partial charge in [-0.3, -0.25) is 0 Å². The van der Waals surface area contributed by atoms with Crippen molar-refractivity contribution in [3.05, 3.63) is 24.0 Å². The molecular weight excluding hydrogens is 245 g/mol. The first-order valence-electron chi connectivity index (χ1n) is 5.33. The number of benzene rings is 1. The normalized spacial score (nSPS) is 11.4. The average Bonchev–Trinajstić information content (AvgIpc) is 2.23. The molecule has 96 valence electrons. The van der Waals surface area contributed by atoms with Gasteiger partial charge in [0.05, 0.1) is 17.2 Å². The first-order chi connectivity index (χ1) is 7.94. The van der Waals surface area contributed by atoms with Crippen LogP contribution in [0.3, 0.4) is 0 Å². The van der Waals surface area contributed by atoms with Crippen LogP contribution in [0, 0.1) is 5.82 Å².